The van der Waals surface area contributed by atoms with Gasteiger partial charge < -0.3 is 10.2 Å². The molecular weight excluding hydrogens is 238 g/mol. The van der Waals surface area contributed by atoms with Gasteiger partial charge in [0.05, 0.1) is 6.54 Å². The van der Waals surface area contributed by atoms with Crippen molar-refractivity contribution < 1.29 is 4.79 Å². The van der Waals surface area contributed by atoms with Crippen molar-refractivity contribution >= 4 is 5.91 Å². The minimum absolute atomic E-state index is 0.319. The van der Waals surface area contributed by atoms with Gasteiger partial charge in [-0.2, -0.15) is 0 Å². The van der Waals surface area contributed by atoms with Crippen LogP contribution in [-0.4, -0.2) is 61.0 Å². The van der Waals surface area contributed by atoms with Crippen LogP contribution in [0, 0.1) is 5.92 Å². The van der Waals surface area contributed by atoms with Crippen LogP contribution in [0.5, 0.6) is 0 Å². The number of piperidine rings is 1. The number of likely N-dealkylation sites (N-methyl/N-ethyl adjacent to an activating group) is 1. The van der Waals surface area contributed by atoms with Gasteiger partial charge in [-0.3, -0.25) is 9.69 Å². The van der Waals surface area contributed by atoms with Crippen molar-refractivity contribution in [1.82, 2.24) is 15.1 Å². The molecule has 1 amide bonds. The SMILES string of the molecule is CN(C(=O)CN1CCC(C2CCCN2)CC1)C1CC1. The highest BCUT2D eigenvalue weighted by molar-refractivity contribution is 5.78. The maximum atomic E-state index is 12.1. The zero-order valence-corrected chi connectivity index (χ0v) is 12.1. The maximum absolute atomic E-state index is 12.1. The second-order valence-corrected chi connectivity index (χ2v) is 6.55. The minimum Gasteiger partial charge on any atom is -0.342 e. The zero-order valence-electron chi connectivity index (χ0n) is 12.1. The first kappa shape index (κ1) is 13.4. The molecule has 4 nitrogen and oxygen atoms in total. The molecule has 108 valence electrons. The summed E-state index contributed by atoms with van der Waals surface area (Å²) in [6.07, 6.45) is 7.63. The normalized spacial score (nSPS) is 29.6. The molecule has 1 saturated carbocycles. The molecule has 1 unspecified atom stereocenters. The summed E-state index contributed by atoms with van der Waals surface area (Å²) in [6.45, 7) is 4.05. The molecular formula is C15H27N3O. The standard InChI is InChI=1S/C15H27N3O/c1-17(13-4-5-13)15(19)11-18-9-6-12(7-10-18)14-3-2-8-16-14/h12-14,16H,2-11H2,1H3. The highest BCUT2D eigenvalue weighted by atomic mass is 16.2. The van der Waals surface area contributed by atoms with Gasteiger partial charge in [0.25, 0.3) is 0 Å². The Labute approximate surface area is 116 Å². The topological polar surface area (TPSA) is 35.6 Å². The Hall–Kier alpha value is -0.610. The van der Waals surface area contributed by atoms with Crippen molar-refractivity contribution in [2.75, 3.05) is 33.2 Å². The predicted octanol–water partition coefficient (Wildman–Crippen LogP) is 1.07. The summed E-state index contributed by atoms with van der Waals surface area (Å²) in [5.41, 5.74) is 0. The third-order valence-corrected chi connectivity index (χ3v) is 5.15. The second-order valence-electron chi connectivity index (χ2n) is 6.55. The van der Waals surface area contributed by atoms with E-state index in [2.05, 4.69) is 10.2 Å². The van der Waals surface area contributed by atoms with E-state index >= 15 is 0 Å². The maximum Gasteiger partial charge on any atom is 0.236 e. The molecule has 19 heavy (non-hydrogen) atoms. The Morgan fingerprint density at radius 1 is 1.21 bits per heavy atom. The largest absolute Gasteiger partial charge is 0.342 e. The van der Waals surface area contributed by atoms with Crippen molar-refractivity contribution in [3.05, 3.63) is 0 Å². The van der Waals surface area contributed by atoms with Gasteiger partial charge >= 0.3 is 0 Å². The van der Waals surface area contributed by atoms with Gasteiger partial charge in [-0.15, -0.1) is 0 Å². The smallest absolute Gasteiger partial charge is 0.236 e. The Morgan fingerprint density at radius 2 is 1.95 bits per heavy atom. The number of nitrogens with one attached hydrogen (secondary N) is 1. The fourth-order valence-electron chi connectivity index (χ4n) is 3.60. The number of nitrogens with zero attached hydrogens (tertiary/aromatic N) is 2. The number of carbonyl (C=O) groups is 1. The summed E-state index contributed by atoms with van der Waals surface area (Å²) >= 11 is 0. The monoisotopic (exact) mass is 265 g/mol. The van der Waals surface area contributed by atoms with Crippen LogP contribution in [0.2, 0.25) is 0 Å². The number of hydrogen-bond acceptors (Lipinski definition) is 3. The lowest BCUT2D eigenvalue weighted by atomic mass is 9.88. The second kappa shape index (κ2) is 5.80. The molecule has 1 N–H and O–H groups in total. The molecule has 0 aromatic heterocycles. The Bertz CT molecular complexity index is 315. The van der Waals surface area contributed by atoms with Gasteiger partial charge in [0.1, 0.15) is 0 Å². The van der Waals surface area contributed by atoms with Crippen LogP contribution in [0.15, 0.2) is 0 Å². The molecule has 1 aliphatic carbocycles. The summed E-state index contributed by atoms with van der Waals surface area (Å²) in [7, 11) is 1.97. The van der Waals surface area contributed by atoms with Gasteiger partial charge in [-0.25, -0.2) is 0 Å². The van der Waals surface area contributed by atoms with Crippen LogP contribution in [0.3, 0.4) is 0 Å². The predicted molar refractivity (Wildman–Crippen MR) is 76.0 cm³/mol. The molecule has 0 radical (unpaired) electrons. The first-order valence-corrected chi connectivity index (χ1v) is 7.95. The molecule has 4 heteroatoms. The van der Waals surface area contributed by atoms with Crippen molar-refractivity contribution in [3.63, 3.8) is 0 Å². The minimum atomic E-state index is 0.319. The summed E-state index contributed by atoms with van der Waals surface area (Å²) in [4.78, 5) is 16.4. The number of likely N-dealkylation sites (tertiary alicyclic amines) is 1. The lowest BCUT2D eigenvalue weighted by Crippen LogP contribution is -2.45. The summed E-state index contributed by atoms with van der Waals surface area (Å²) in [6, 6.07) is 1.31. The third-order valence-electron chi connectivity index (χ3n) is 5.15. The van der Waals surface area contributed by atoms with E-state index in [1.807, 2.05) is 11.9 Å². The average molecular weight is 265 g/mol. The Morgan fingerprint density at radius 3 is 2.53 bits per heavy atom. The molecule has 3 aliphatic rings. The van der Waals surface area contributed by atoms with Crippen molar-refractivity contribution in [2.24, 2.45) is 5.92 Å². The molecule has 2 aliphatic heterocycles. The van der Waals surface area contributed by atoms with E-state index in [-0.39, 0.29) is 0 Å². The molecule has 2 heterocycles. The van der Waals surface area contributed by atoms with Crippen LogP contribution in [0.4, 0.5) is 0 Å². The molecule has 0 bridgehead atoms. The lowest BCUT2D eigenvalue weighted by Gasteiger charge is -2.35. The van der Waals surface area contributed by atoms with Crippen molar-refractivity contribution in [2.45, 2.75) is 50.6 Å². The van der Waals surface area contributed by atoms with Crippen LogP contribution < -0.4 is 5.32 Å². The number of rotatable bonds is 4. The molecule has 1 atom stereocenters. The van der Waals surface area contributed by atoms with Gasteiger partial charge in [0, 0.05) is 19.1 Å². The molecule has 0 spiro atoms. The Balaban J connectivity index is 1.40. The van der Waals surface area contributed by atoms with Gasteiger partial charge in [-0.1, -0.05) is 0 Å². The van der Waals surface area contributed by atoms with Gasteiger partial charge in [0.15, 0.2) is 0 Å². The number of carbonyl (C=O) groups excluding carboxylic acids is 1. The molecule has 3 rings (SSSR count). The van der Waals surface area contributed by atoms with Crippen LogP contribution >= 0.6 is 0 Å². The molecule has 3 fully saturated rings. The van der Waals surface area contributed by atoms with Crippen LogP contribution in [-0.2, 0) is 4.79 Å². The van der Waals surface area contributed by atoms with E-state index in [9.17, 15) is 4.79 Å². The third kappa shape index (κ3) is 3.29. The van der Waals surface area contributed by atoms with E-state index in [0.29, 0.717) is 18.5 Å². The van der Waals surface area contributed by atoms with E-state index in [0.717, 1.165) is 25.0 Å². The quantitative estimate of drug-likeness (QED) is 0.826. The van der Waals surface area contributed by atoms with E-state index < -0.39 is 0 Å². The fourth-order valence-corrected chi connectivity index (χ4v) is 3.60. The highest BCUT2D eigenvalue weighted by Gasteiger charge is 2.32. The average Bonchev–Trinajstić information content (AvgIpc) is 3.14. The van der Waals surface area contributed by atoms with Crippen LogP contribution in [0.1, 0.15) is 38.5 Å². The van der Waals surface area contributed by atoms with E-state index in [4.69, 9.17) is 0 Å². The fraction of sp³-hybridized carbons (Fsp3) is 0.933. The van der Waals surface area contributed by atoms with E-state index in [1.165, 1.54) is 45.1 Å². The molecule has 0 aromatic carbocycles. The molecule has 2 saturated heterocycles. The first-order valence-electron chi connectivity index (χ1n) is 7.95. The zero-order chi connectivity index (χ0) is 13.2. The molecule has 0 aromatic rings. The van der Waals surface area contributed by atoms with Crippen molar-refractivity contribution in [3.8, 4) is 0 Å². The lowest BCUT2D eigenvalue weighted by molar-refractivity contribution is -0.132. The summed E-state index contributed by atoms with van der Waals surface area (Å²) in [5, 5.41) is 3.63. The Kier molecular flexibility index (Phi) is 4.08. The number of amides is 1. The van der Waals surface area contributed by atoms with Gasteiger partial charge in [-0.05, 0) is 64.1 Å². The summed E-state index contributed by atoms with van der Waals surface area (Å²) < 4.78 is 0. The van der Waals surface area contributed by atoms with Gasteiger partial charge in [0.2, 0.25) is 5.91 Å². The van der Waals surface area contributed by atoms with Crippen LogP contribution in [0.25, 0.3) is 0 Å². The first-order chi connectivity index (χ1) is 9.24. The summed E-state index contributed by atoms with van der Waals surface area (Å²) in [5.74, 6) is 1.16. The number of hydrogen-bond donors (Lipinski definition) is 1. The van der Waals surface area contributed by atoms with Crippen molar-refractivity contribution in [1.29, 1.82) is 0 Å². The van der Waals surface area contributed by atoms with E-state index in [1.54, 1.807) is 0 Å². The highest BCUT2D eigenvalue weighted by Crippen LogP contribution is 2.27.